The molecule has 0 saturated heterocycles. The van der Waals surface area contributed by atoms with E-state index < -0.39 is 13.9 Å². The highest BCUT2D eigenvalue weighted by atomic mass is 31.2. The van der Waals surface area contributed by atoms with Gasteiger partial charge in [0.1, 0.15) is 0 Å². The number of aromatic hydroxyl groups is 1. The average Bonchev–Trinajstić information content (AvgIpc) is 2.69. The molecule has 0 unspecified atom stereocenters. The molecule has 0 spiro atoms. The minimum Gasteiger partial charge on any atom is -0.503 e. The fourth-order valence-corrected chi connectivity index (χ4v) is 3.73. The summed E-state index contributed by atoms with van der Waals surface area (Å²) in [5, 5.41) is 12.3. The summed E-state index contributed by atoms with van der Waals surface area (Å²) in [6.07, 6.45) is 11.7. The Balaban J connectivity index is 1.96. The van der Waals surface area contributed by atoms with Gasteiger partial charge in [0.2, 0.25) is 11.3 Å². The largest absolute Gasteiger partial charge is 0.503 e. The number of phosphoric acid groups is 1. The average molecular weight is 461 g/mol. The van der Waals surface area contributed by atoms with Crippen LogP contribution in [0.2, 0.25) is 0 Å². The van der Waals surface area contributed by atoms with Gasteiger partial charge in [-0.3, -0.25) is 14.1 Å². The molecule has 4 N–H and O–H groups in total. The number of aromatic nitrogens is 1. The number of carbonyl (C=O) groups is 1. The molecule has 0 aromatic carbocycles. The molecule has 1 aromatic heterocycles. The number of nitrogens with one attached hydrogen (secondary N) is 1. The molecule has 0 aliphatic heterocycles. The molecule has 1 atom stereocenters. The molecular weight excluding hydrogens is 423 g/mol. The Morgan fingerprint density at radius 2 is 1.65 bits per heavy atom. The van der Waals surface area contributed by atoms with Gasteiger partial charge in [-0.15, -0.1) is 0 Å². The number of amides is 1. The van der Waals surface area contributed by atoms with Gasteiger partial charge in [-0.05, 0) is 26.7 Å². The number of pyridine rings is 1. The van der Waals surface area contributed by atoms with Crippen LogP contribution in [0.1, 0.15) is 76.8 Å². The van der Waals surface area contributed by atoms with Crippen molar-refractivity contribution in [3.63, 3.8) is 0 Å². The molecule has 178 valence electrons. The molecule has 0 radical (unpaired) electrons. The Morgan fingerprint density at radius 3 is 2.23 bits per heavy atom. The molecule has 0 aliphatic carbocycles. The molecule has 0 bridgehead atoms. The standard InChI is InChI=1S/C21H37N2O7P/c1-17(16-30-31(27,28)29)22-20(25)12-10-8-6-4-3-5-7-9-11-14-23-15-13-19(24)21(26)18(23)2/h13,15,17,26H,3-12,14,16H2,1-2H3,(H,22,25)(H2,27,28,29)/t17-/m0/s1. The first-order chi connectivity index (χ1) is 14.6. The summed E-state index contributed by atoms with van der Waals surface area (Å²) in [5.41, 5.74) is 0.279. The van der Waals surface area contributed by atoms with E-state index in [1.807, 2.05) is 4.57 Å². The van der Waals surface area contributed by atoms with Crippen molar-refractivity contribution in [2.45, 2.75) is 90.6 Å². The highest BCUT2D eigenvalue weighted by Crippen LogP contribution is 2.35. The second-order valence-corrected chi connectivity index (χ2v) is 9.23. The highest BCUT2D eigenvalue weighted by molar-refractivity contribution is 7.46. The number of carbonyl (C=O) groups excluding carboxylic acids is 1. The van der Waals surface area contributed by atoms with E-state index >= 15 is 0 Å². The zero-order valence-corrected chi connectivity index (χ0v) is 19.5. The van der Waals surface area contributed by atoms with Crippen molar-refractivity contribution in [2.75, 3.05) is 6.61 Å². The number of hydrogen-bond donors (Lipinski definition) is 4. The van der Waals surface area contributed by atoms with E-state index in [0.717, 1.165) is 51.5 Å². The monoisotopic (exact) mass is 460 g/mol. The summed E-state index contributed by atoms with van der Waals surface area (Å²) in [6.45, 7) is 3.97. The van der Waals surface area contributed by atoms with E-state index in [9.17, 15) is 19.3 Å². The predicted octanol–water partition coefficient (Wildman–Crippen LogP) is 3.38. The third-order valence-corrected chi connectivity index (χ3v) is 5.60. The van der Waals surface area contributed by atoms with E-state index in [4.69, 9.17) is 9.79 Å². The van der Waals surface area contributed by atoms with Gasteiger partial charge < -0.3 is 24.8 Å². The number of hydrogen-bond acceptors (Lipinski definition) is 5. The van der Waals surface area contributed by atoms with E-state index in [0.29, 0.717) is 12.1 Å². The first kappa shape index (κ1) is 27.4. The summed E-state index contributed by atoms with van der Waals surface area (Å²) in [7, 11) is -4.50. The van der Waals surface area contributed by atoms with Crippen LogP contribution in [0.4, 0.5) is 0 Å². The lowest BCUT2D eigenvalue weighted by atomic mass is 10.1. The van der Waals surface area contributed by atoms with Crippen molar-refractivity contribution in [3.8, 4) is 5.75 Å². The van der Waals surface area contributed by atoms with E-state index in [1.165, 1.54) is 18.9 Å². The molecule has 9 nitrogen and oxygen atoms in total. The van der Waals surface area contributed by atoms with Crippen molar-refractivity contribution < 1.29 is 28.8 Å². The maximum atomic E-state index is 11.8. The summed E-state index contributed by atoms with van der Waals surface area (Å²) in [4.78, 5) is 40.4. The lowest BCUT2D eigenvalue weighted by molar-refractivity contribution is -0.122. The van der Waals surface area contributed by atoms with Gasteiger partial charge in [-0.1, -0.05) is 44.9 Å². The topological polar surface area (TPSA) is 138 Å². The predicted molar refractivity (Wildman–Crippen MR) is 119 cm³/mol. The van der Waals surface area contributed by atoms with Gasteiger partial charge in [-0.25, -0.2) is 4.57 Å². The Labute approximate surface area is 184 Å². The molecule has 31 heavy (non-hydrogen) atoms. The first-order valence-electron chi connectivity index (χ1n) is 11.0. The number of phosphoric ester groups is 1. The van der Waals surface area contributed by atoms with E-state index in [2.05, 4.69) is 9.84 Å². The molecule has 1 heterocycles. The Kier molecular flexibility index (Phi) is 12.7. The van der Waals surface area contributed by atoms with Crippen LogP contribution in [0.25, 0.3) is 0 Å². The number of nitrogens with zero attached hydrogens (tertiary/aromatic N) is 1. The van der Waals surface area contributed by atoms with Crippen LogP contribution in [0.15, 0.2) is 17.1 Å². The SMILES string of the molecule is Cc1c(O)c(=O)ccn1CCCCCCCCCCCC(=O)N[C@@H](C)COP(=O)(O)O. The molecule has 0 saturated carbocycles. The smallest absolute Gasteiger partial charge is 0.469 e. The highest BCUT2D eigenvalue weighted by Gasteiger charge is 2.16. The van der Waals surface area contributed by atoms with Crippen LogP contribution in [0.5, 0.6) is 5.75 Å². The van der Waals surface area contributed by atoms with Crippen molar-refractivity contribution in [3.05, 3.63) is 28.2 Å². The minimum absolute atomic E-state index is 0.131. The normalized spacial score (nSPS) is 12.6. The van der Waals surface area contributed by atoms with E-state index in [-0.39, 0.29) is 23.7 Å². The third-order valence-electron chi connectivity index (χ3n) is 5.12. The summed E-state index contributed by atoms with van der Waals surface area (Å²) in [6, 6.07) is 0.951. The van der Waals surface area contributed by atoms with Gasteiger partial charge >= 0.3 is 7.82 Å². The fraction of sp³-hybridized carbons (Fsp3) is 0.714. The van der Waals surface area contributed by atoms with E-state index in [1.54, 1.807) is 20.0 Å². The molecular formula is C21H37N2O7P. The Morgan fingerprint density at radius 1 is 1.10 bits per heavy atom. The van der Waals surface area contributed by atoms with Gasteiger partial charge in [0.25, 0.3) is 0 Å². The quantitative estimate of drug-likeness (QED) is 0.219. The van der Waals surface area contributed by atoms with Crippen molar-refractivity contribution >= 4 is 13.7 Å². The maximum absolute atomic E-state index is 11.8. The van der Waals surface area contributed by atoms with Gasteiger partial charge in [0, 0.05) is 31.3 Å². The molecule has 1 amide bonds. The lowest BCUT2D eigenvalue weighted by Gasteiger charge is -2.14. The van der Waals surface area contributed by atoms with Crippen LogP contribution in [-0.2, 0) is 20.4 Å². The van der Waals surface area contributed by atoms with Crippen LogP contribution in [0, 0.1) is 6.92 Å². The first-order valence-corrected chi connectivity index (χ1v) is 12.5. The van der Waals surface area contributed by atoms with Crippen LogP contribution >= 0.6 is 7.82 Å². The van der Waals surface area contributed by atoms with Gasteiger partial charge in [0.15, 0.2) is 5.75 Å². The molecule has 1 rings (SSSR count). The molecule has 10 heteroatoms. The zero-order valence-electron chi connectivity index (χ0n) is 18.6. The van der Waals surface area contributed by atoms with Gasteiger partial charge in [-0.2, -0.15) is 0 Å². The number of unbranched alkanes of at least 4 members (excludes halogenated alkanes) is 8. The number of rotatable bonds is 16. The van der Waals surface area contributed by atoms with Crippen molar-refractivity contribution in [2.24, 2.45) is 0 Å². The summed E-state index contributed by atoms with van der Waals surface area (Å²) in [5.74, 6) is -0.295. The Hall–Kier alpha value is -1.67. The molecule has 0 aliphatic rings. The third kappa shape index (κ3) is 12.7. The second-order valence-electron chi connectivity index (χ2n) is 7.99. The number of aryl methyl sites for hydroxylation is 1. The summed E-state index contributed by atoms with van der Waals surface area (Å²) >= 11 is 0. The molecule has 0 fully saturated rings. The second kappa shape index (κ2) is 14.4. The summed E-state index contributed by atoms with van der Waals surface area (Å²) < 4.78 is 16.9. The molecule has 1 aromatic rings. The van der Waals surface area contributed by atoms with Gasteiger partial charge in [0.05, 0.1) is 12.3 Å². The lowest BCUT2D eigenvalue weighted by Crippen LogP contribution is -2.35. The van der Waals surface area contributed by atoms with Crippen LogP contribution < -0.4 is 10.7 Å². The Bertz CT molecular complexity index is 775. The van der Waals surface area contributed by atoms with Crippen molar-refractivity contribution in [1.82, 2.24) is 9.88 Å². The fourth-order valence-electron chi connectivity index (χ4n) is 3.31. The maximum Gasteiger partial charge on any atom is 0.469 e. The van der Waals surface area contributed by atoms with Crippen molar-refractivity contribution in [1.29, 1.82) is 0 Å². The van der Waals surface area contributed by atoms with Crippen LogP contribution in [0.3, 0.4) is 0 Å². The zero-order chi connectivity index (χ0) is 23.3. The minimum atomic E-state index is -4.50. The van der Waals surface area contributed by atoms with Crippen LogP contribution in [-0.4, -0.2) is 38.0 Å².